The van der Waals surface area contributed by atoms with Crippen LogP contribution in [-0.2, 0) is 61.6 Å². The van der Waals surface area contributed by atoms with Crippen molar-refractivity contribution in [1.29, 1.82) is 0 Å². The van der Waals surface area contributed by atoms with Gasteiger partial charge in [-0.1, -0.05) is 0 Å². The number of aliphatic hydroxyl groups is 13. The third-order valence-corrected chi connectivity index (χ3v) is 10.8. The standard InChI is InChI=1S/C32H52O27/c1-48-23-17(39)22(44)31(59-25(23)26(45)46)58-24-12(34)7(33)2-50-32(24)57-11-6-53-30(21(43)16(11)38)56-10-5-52-29(20(42)15(10)37)55-9-4-51-28(19(41)14(9)36)54-8-3-49-27(47)18(40)13(8)35/h7-25,27-44,47H,2-6H2,1H3,(H,45,46)/t7-,8-,9-,10-,11-,12+,13+,14+,15+,16+,17-,18-,19-,20-,21-,22-,23+,24-,25+,27?,28+,29+,30+,31-,32+/m1/s1. The van der Waals surface area contributed by atoms with Crippen LogP contribution in [0.1, 0.15) is 0 Å². The van der Waals surface area contributed by atoms with Crippen molar-refractivity contribution in [2.45, 2.75) is 154 Å². The highest BCUT2D eigenvalue weighted by atomic mass is 16.8. The third kappa shape index (κ3) is 10.00. The number of aliphatic hydroxyl groups excluding tert-OH is 13. The van der Waals surface area contributed by atoms with Gasteiger partial charge in [-0.2, -0.15) is 0 Å². The van der Waals surface area contributed by atoms with E-state index in [9.17, 15) is 76.3 Å². The van der Waals surface area contributed by atoms with Crippen molar-refractivity contribution in [3.05, 3.63) is 0 Å². The van der Waals surface area contributed by atoms with Gasteiger partial charge in [0.25, 0.3) is 0 Å². The minimum atomic E-state index is -1.93. The molecule has 0 saturated carbocycles. The fourth-order valence-corrected chi connectivity index (χ4v) is 7.20. The highest BCUT2D eigenvalue weighted by molar-refractivity contribution is 5.73. The van der Waals surface area contributed by atoms with Crippen LogP contribution in [-0.4, -0.2) is 271 Å². The molecular weight excluding hydrogens is 816 g/mol. The van der Waals surface area contributed by atoms with Crippen LogP contribution in [0.15, 0.2) is 0 Å². The number of ether oxygens (including phenoxy) is 12. The van der Waals surface area contributed by atoms with Gasteiger partial charge in [-0.3, -0.25) is 0 Å². The Morgan fingerprint density at radius 1 is 0.424 bits per heavy atom. The normalized spacial score (nSPS) is 52.5. The molecule has 27 heteroatoms. The Bertz CT molecular complexity index is 1350. The minimum Gasteiger partial charge on any atom is -0.479 e. The molecule has 25 atom stereocenters. The zero-order valence-corrected chi connectivity index (χ0v) is 31.0. The Labute approximate surface area is 333 Å². The highest BCUT2D eigenvalue weighted by Crippen LogP contribution is 2.32. The topological polar surface area (TPSA) is 411 Å². The fraction of sp³-hybridized carbons (Fsp3) is 0.969. The van der Waals surface area contributed by atoms with Crippen molar-refractivity contribution in [1.82, 2.24) is 0 Å². The van der Waals surface area contributed by atoms with E-state index >= 15 is 0 Å². The predicted octanol–water partition coefficient (Wildman–Crippen LogP) is -10.2. The zero-order valence-electron chi connectivity index (χ0n) is 31.0. The first-order valence-electron chi connectivity index (χ1n) is 18.5. The van der Waals surface area contributed by atoms with Crippen LogP contribution < -0.4 is 0 Å². The van der Waals surface area contributed by atoms with Crippen molar-refractivity contribution in [3.8, 4) is 0 Å². The summed E-state index contributed by atoms with van der Waals surface area (Å²) in [5, 5.41) is 146. The van der Waals surface area contributed by atoms with E-state index < -0.39 is 186 Å². The largest absolute Gasteiger partial charge is 0.479 e. The number of aliphatic carboxylic acids is 1. The Kier molecular flexibility index (Phi) is 15.8. The van der Waals surface area contributed by atoms with Crippen LogP contribution in [0.3, 0.4) is 0 Å². The van der Waals surface area contributed by atoms with E-state index in [0.717, 1.165) is 7.11 Å². The number of hydrogen-bond acceptors (Lipinski definition) is 26. The van der Waals surface area contributed by atoms with E-state index in [1.807, 2.05) is 0 Å². The molecule has 0 aromatic rings. The fourth-order valence-electron chi connectivity index (χ4n) is 7.20. The predicted molar refractivity (Wildman–Crippen MR) is 174 cm³/mol. The van der Waals surface area contributed by atoms with E-state index in [4.69, 9.17) is 56.8 Å². The van der Waals surface area contributed by atoms with Crippen molar-refractivity contribution in [3.63, 3.8) is 0 Å². The lowest BCUT2D eigenvalue weighted by Gasteiger charge is -2.46. The van der Waals surface area contributed by atoms with Gasteiger partial charge in [-0.15, -0.1) is 0 Å². The third-order valence-electron chi connectivity index (χ3n) is 10.8. The second-order valence-electron chi connectivity index (χ2n) is 14.8. The van der Waals surface area contributed by atoms with Crippen LogP contribution in [0.25, 0.3) is 0 Å². The molecule has 342 valence electrons. The van der Waals surface area contributed by atoms with Gasteiger partial charge in [0.15, 0.2) is 43.8 Å². The lowest BCUT2D eigenvalue weighted by molar-refractivity contribution is -0.375. The Morgan fingerprint density at radius 2 is 0.814 bits per heavy atom. The lowest BCUT2D eigenvalue weighted by atomic mass is 9.98. The molecule has 6 aliphatic heterocycles. The first-order valence-corrected chi connectivity index (χ1v) is 18.5. The van der Waals surface area contributed by atoms with Crippen molar-refractivity contribution >= 4 is 5.97 Å². The number of methoxy groups -OCH3 is 1. The summed E-state index contributed by atoms with van der Waals surface area (Å²) < 4.78 is 64.9. The van der Waals surface area contributed by atoms with Gasteiger partial charge in [-0.05, 0) is 0 Å². The molecule has 27 nitrogen and oxygen atoms in total. The van der Waals surface area contributed by atoms with Crippen LogP contribution in [0, 0.1) is 0 Å². The van der Waals surface area contributed by atoms with Gasteiger partial charge in [0.2, 0.25) is 0 Å². The van der Waals surface area contributed by atoms with E-state index in [-0.39, 0.29) is 6.61 Å². The van der Waals surface area contributed by atoms with E-state index in [2.05, 4.69) is 0 Å². The highest BCUT2D eigenvalue weighted by Gasteiger charge is 2.54. The van der Waals surface area contributed by atoms with Crippen molar-refractivity contribution in [2.24, 2.45) is 0 Å². The second-order valence-corrected chi connectivity index (χ2v) is 14.8. The molecule has 1 unspecified atom stereocenters. The molecule has 6 heterocycles. The van der Waals surface area contributed by atoms with Gasteiger partial charge >= 0.3 is 5.97 Å². The number of carboxylic acid groups (broad SMARTS) is 1. The molecule has 0 radical (unpaired) electrons. The Balaban J connectivity index is 0.992. The lowest BCUT2D eigenvalue weighted by Crippen LogP contribution is -2.65. The maximum Gasteiger partial charge on any atom is 0.335 e. The maximum absolute atomic E-state index is 11.7. The van der Waals surface area contributed by atoms with E-state index in [1.54, 1.807) is 0 Å². The van der Waals surface area contributed by atoms with Gasteiger partial charge in [-0.25, -0.2) is 4.79 Å². The quantitative estimate of drug-likeness (QED) is 0.0866. The van der Waals surface area contributed by atoms with Gasteiger partial charge in [0.05, 0.1) is 33.0 Å². The molecule has 0 aromatic heterocycles. The molecule has 59 heavy (non-hydrogen) atoms. The monoisotopic (exact) mass is 868 g/mol. The van der Waals surface area contributed by atoms with Crippen molar-refractivity contribution < 1.29 is 133 Å². The summed E-state index contributed by atoms with van der Waals surface area (Å²) in [6.07, 6.45) is -42.1. The van der Waals surface area contributed by atoms with E-state index in [1.165, 1.54) is 0 Å². The van der Waals surface area contributed by atoms with Gasteiger partial charge in [0, 0.05) is 7.11 Å². The average molecular weight is 869 g/mol. The Morgan fingerprint density at radius 3 is 1.25 bits per heavy atom. The number of hydrogen-bond donors (Lipinski definition) is 14. The van der Waals surface area contributed by atoms with Crippen LogP contribution in [0.4, 0.5) is 0 Å². The first kappa shape index (κ1) is 47.0. The molecule has 6 fully saturated rings. The second kappa shape index (κ2) is 19.9. The Hall–Kier alpha value is -1.53. The molecular formula is C32H52O27. The minimum absolute atomic E-state index is 0.380. The molecule has 14 N–H and O–H groups in total. The smallest absolute Gasteiger partial charge is 0.335 e. The molecule has 0 bridgehead atoms. The molecule has 6 aliphatic rings. The summed E-state index contributed by atoms with van der Waals surface area (Å²) in [6.45, 7) is -2.43. The molecule has 6 saturated heterocycles. The summed E-state index contributed by atoms with van der Waals surface area (Å²) in [4.78, 5) is 11.7. The van der Waals surface area contributed by atoms with Gasteiger partial charge < -0.3 is 128 Å². The molecule has 0 aliphatic carbocycles. The summed E-state index contributed by atoms with van der Waals surface area (Å²) >= 11 is 0. The number of carbonyl (C=O) groups is 1. The molecule has 0 aromatic carbocycles. The van der Waals surface area contributed by atoms with Crippen LogP contribution in [0.5, 0.6) is 0 Å². The summed E-state index contributed by atoms with van der Waals surface area (Å²) in [7, 11) is 1.08. The summed E-state index contributed by atoms with van der Waals surface area (Å²) in [5.74, 6) is -1.58. The number of carboxylic acids is 1. The molecule has 0 amide bonds. The van der Waals surface area contributed by atoms with Gasteiger partial charge in [0.1, 0.15) is 110 Å². The zero-order chi connectivity index (χ0) is 43.0. The van der Waals surface area contributed by atoms with Crippen LogP contribution in [0.2, 0.25) is 0 Å². The van der Waals surface area contributed by atoms with Crippen LogP contribution >= 0.6 is 0 Å². The summed E-state index contributed by atoms with van der Waals surface area (Å²) in [5.41, 5.74) is 0. The van der Waals surface area contributed by atoms with Crippen molar-refractivity contribution in [2.75, 3.05) is 40.1 Å². The van der Waals surface area contributed by atoms with E-state index in [0.29, 0.717) is 0 Å². The average Bonchev–Trinajstić information content (AvgIpc) is 3.21. The maximum atomic E-state index is 11.7. The molecule has 6 rings (SSSR count). The molecule has 0 spiro atoms. The summed E-state index contributed by atoms with van der Waals surface area (Å²) in [6, 6.07) is 0. The SMILES string of the molecule is CO[C@H]1[C@H](O)[C@@H](O)[C@H](O[C@H]2[C@H](O[C@@H]3CO[C@@H](O[C@@H]4CO[C@@H](O[C@@H]5CO[C@@H](O[C@@H]6COC(O)[C@H](O)[C@H]6O)[C@H](O)[C@H]5O)[C@H](O)[C@H]4O)[C@H](O)[C@H]3O)OC[C@@H](O)[C@@H]2O)O[C@@H]1C(=O)O. The number of rotatable bonds is 12. The first-order chi connectivity index (χ1) is 27.9.